The highest BCUT2D eigenvalue weighted by Crippen LogP contribution is 2.45. The van der Waals surface area contributed by atoms with Crippen LogP contribution >= 0.6 is 0 Å². The SMILES string of the molecule is O=C(NCC1(C(=O)O)CC1)c1cccc(CS(=O)(=O)c2ccccc2)c1. The summed E-state index contributed by atoms with van der Waals surface area (Å²) in [6.45, 7) is 0.0771. The first kappa shape index (κ1) is 18.1. The second kappa shape index (κ2) is 6.92. The molecule has 3 rings (SSSR count). The maximum absolute atomic E-state index is 12.5. The maximum Gasteiger partial charge on any atom is 0.311 e. The van der Waals surface area contributed by atoms with Crippen LogP contribution in [0.5, 0.6) is 0 Å². The van der Waals surface area contributed by atoms with Crippen LogP contribution < -0.4 is 5.32 Å². The van der Waals surface area contributed by atoms with Gasteiger partial charge in [0.15, 0.2) is 9.84 Å². The molecule has 0 aromatic heterocycles. The summed E-state index contributed by atoms with van der Waals surface area (Å²) in [5, 5.41) is 11.8. The van der Waals surface area contributed by atoms with Crippen LogP contribution in [-0.4, -0.2) is 31.9 Å². The van der Waals surface area contributed by atoms with Crippen LogP contribution in [0.25, 0.3) is 0 Å². The van der Waals surface area contributed by atoms with Gasteiger partial charge >= 0.3 is 5.97 Å². The van der Waals surface area contributed by atoms with Crippen molar-refractivity contribution in [2.45, 2.75) is 23.5 Å². The van der Waals surface area contributed by atoms with Crippen LogP contribution in [0.1, 0.15) is 28.8 Å². The largest absolute Gasteiger partial charge is 0.481 e. The van der Waals surface area contributed by atoms with E-state index in [-0.39, 0.29) is 17.2 Å². The Hall–Kier alpha value is -2.67. The second-order valence-corrected chi connectivity index (χ2v) is 8.53. The lowest BCUT2D eigenvalue weighted by molar-refractivity contribution is -0.143. The second-order valence-electron chi connectivity index (χ2n) is 6.54. The molecule has 26 heavy (non-hydrogen) atoms. The topological polar surface area (TPSA) is 101 Å². The average molecular weight is 373 g/mol. The summed E-state index contributed by atoms with van der Waals surface area (Å²) in [5.74, 6) is -1.52. The molecule has 2 aromatic rings. The van der Waals surface area contributed by atoms with E-state index in [1.165, 1.54) is 18.2 Å². The van der Waals surface area contributed by atoms with E-state index >= 15 is 0 Å². The molecule has 2 aromatic carbocycles. The number of carboxylic acid groups (broad SMARTS) is 1. The minimum Gasteiger partial charge on any atom is -0.481 e. The van der Waals surface area contributed by atoms with E-state index in [2.05, 4.69) is 5.32 Å². The zero-order valence-electron chi connectivity index (χ0n) is 14.0. The maximum atomic E-state index is 12.5. The van der Waals surface area contributed by atoms with Gasteiger partial charge in [0.05, 0.1) is 16.1 Å². The number of hydrogen-bond donors (Lipinski definition) is 2. The molecular weight excluding hydrogens is 354 g/mol. The quantitative estimate of drug-likeness (QED) is 0.775. The molecular formula is C19H19NO5S. The van der Waals surface area contributed by atoms with Gasteiger partial charge in [0.25, 0.3) is 5.91 Å². The number of amides is 1. The molecule has 7 heteroatoms. The Balaban J connectivity index is 1.70. The van der Waals surface area contributed by atoms with Crippen LogP contribution in [0.2, 0.25) is 0 Å². The van der Waals surface area contributed by atoms with Crippen LogP contribution in [-0.2, 0) is 20.4 Å². The summed E-state index contributed by atoms with van der Waals surface area (Å²) in [7, 11) is -3.50. The molecule has 1 saturated carbocycles. The zero-order valence-corrected chi connectivity index (χ0v) is 14.8. The highest BCUT2D eigenvalue weighted by molar-refractivity contribution is 7.90. The lowest BCUT2D eigenvalue weighted by atomic mass is 10.1. The van der Waals surface area contributed by atoms with Gasteiger partial charge < -0.3 is 10.4 Å². The molecule has 6 nitrogen and oxygen atoms in total. The Kier molecular flexibility index (Phi) is 4.82. The number of hydrogen-bond acceptors (Lipinski definition) is 4. The number of carbonyl (C=O) groups excluding carboxylic acids is 1. The Bertz CT molecular complexity index is 933. The molecule has 2 N–H and O–H groups in total. The number of aliphatic carboxylic acids is 1. The molecule has 1 fully saturated rings. The van der Waals surface area contributed by atoms with E-state index in [0.29, 0.717) is 24.0 Å². The van der Waals surface area contributed by atoms with E-state index in [0.717, 1.165) is 0 Å². The fraction of sp³-hybridized carbons (Fsp3) is 0.263. The zero-order chi connectivity index (χ0) is 18.8. The number of nitrogens with one attached hydrogen (secondary N) is 1. The predicted molar refractivity (Wildman–Crippen MR) is 95.4 cm³/mol. The number of carboxylic acids is 1. The molecule has 136 valence electrons. The minimum atomic E-state index is -3.50. The lowest BCUT2D eigenvalue weighted by Crippen LogP contribution is -2.34. The fourth-order valence-corrected chi connectivity index (χ4v) is 4.06. The summed E-state index contributed by atoms with van der Waals surface area (Å²) in [6.07, 6.45) is 1.11. The molecule has 0 heterocycles. The summed E-state index contributed by atoms with van der Waals surface area (Å²) in [5.41, 5.74) is -0.0305. The van der Waals surface area contributed by atoms with E-state index in [9.17, 15) is 18.0 Å². The van der Waals surface area contributed by atoms with Crippen molar-refractivity contribution in [2.75, 3.05) is 6.54 Å². The van der Waals surface area contributed by atoms with Gasteiger partial charge in [0.1, 0.15) is 0 Å². The standard InChI is InChI=1S/C19H19NO5S/c21-17(20-13-19(9-10-19)18(22)23)15-6-4-5-14(11-15)12-26(24,25)16-7-2-1-3-8-16/h1-8,11H,9-10,12-13H2,(H,20,21)(H,22,23). The Morgan fingerprint density at radius 1 is 1.04 bits per heavy atom. The number of carbonyl (C=O) groups is 2. The van der Waals surface area contributed by atoms with Gasteiger partial charge in [0.2, 0.25) is 0 Å². The highest BCUT2D eigenvalue weighted by Gasteiger charge is 2.50. The number of sulfone groups is 1. The van der Waals surface area contributed by atoms with Gasteiger partial charge in [-0.05, 0) is 42.7 Å². The third-order valence-corrected chi connectivity index (χ3v) is 6.25. The molecule has 0 aliphatic heterocycles. The molecule has 1 amide bonds. The van der Waals surface area contributed by atoms with Crippen molar-refractivity contribution in [3.05, 3.63) is 65.7 Å². The first-order chi connectivity index (χ1) is 12.3. The fourth-order valence-electron chi connectivity index (χ4n) is 2.70. The van der Waals surface area contributed by atoms with Gasteiger partial charge in [-0.25, -0.2) is 8.42 Å². The van der Waals surface area contributed by atoms with Crippen molar-refractivity contribution >= 4 is 21.7 Å². The predicted octanol–water partition coefficient (Wildman–Crippen LogP) is 2.26. The Morgan fingerprint density at radius 2 is 1.73 bits per heavy atom. The van der Waals surface area contributed by atoms with Crippen LogP contribution in [0.4, 0.5) is 0 Å². The van der Waals surface area contributed by atoms with Crippen molar-refractivity contribution in [3.8, 4) is 0 Å². The van der Waals surface area contributed by atoms with Gasteiger partial charge in [-0.3, -0.25) is 9.59 Å². The molecule has 0 atom stereocenters. The lowest BCUT2D eigenvalue weighted by Gasteiger charge is -2.12. The van der Waals surface area contributed by atoms with Crippen molar-refractivity contribution in [2.24, 2.45) is 5.41 Å². The van der Waals surface area contributed by atoms with Crippen molar-refractivity contribution < 1.29 is 23.1 Å². The Labute approximate surface area is 151 Å². The summed E-state index contributed by atoms with van der Waals surface area (Å²) >= 11 is 0. The van der Waals surface area contributed by atoms with E-state index in [1.807, 2.05) is 0 Å². The number of benzene rings is 2. The summed E-state index contributed by atoms with van der Waals surface area (Å²) in [4.78, 5) is 23.7. The van der Waals surface area contributed by atoms with Crippen molar-refractivity contribution in [1.29, 1.82) is 0 Å². The average Bonchev–Trinajstić information content (AvgIpc) is 3.42. The normalized spacial score (nSPS) is 15.2. The van der Waals surface area contributed by atoms with Gasteiger partial charge in [-0.2, -0.15) is 0 Å². The van der Waals surface area contributed by atoms with E-state index in [1.54, 1.807) is 36.4 Å². The van der Waals surface area contributed by atoms with Crippen molar-refractivity contribution in [3.63, 3.8) is 0 Å². The van der Waals surface area contributed by atoms with Gasteiger partial charge in [0, 0.05) is 12.1 Å². The third kappa shape index (κ3) is 3.94. The molecule has 0 radical (unpaired) electrons. The first-order valence-corrected chi connectivity index (χ1v) is 9.86. The highest BCUT2D eigenvalue weighted by atomic mass is 32.2. The monoisotopic (exact) mass is 373 g/mol. The minimum absolute atomic E-state index is 0.0771. The first-order valence-electron chi connectivity index (χ1n) is 8.21. The van der Waals surface area contributed by atoms with Gasteiger partial charge in [-0.1, -0.05) is 30.3 Å². The molecule has 0 unspecified atom stereocenters. The van der Waals surface area contributed by atoms with Crippen LogP contribution in [0.15, 0.2) is 59.5 Å². The summed E-state index contributed by atoms with van der Waals surface area (Å²) < 4.78 is 24.9. The summed E-state index contributed by atoms with van der Waals surface area (Å²) in [6, 6.07) is 14.5. The molecule has 1 aliphatic carbocycles. The van der Waals surface area contributed by atoms with E-state index < -0.39 is 27.1 Å². The van der Waals surface area contributed by atoms with Crippen LogP contribution in [0, 0.1) is 5.41 Å². The number of rotatable bonds is 7. The van der Waals surface area contributed by atoms with Crippen LogP contribution in [0.3, 0.4) is 0 Å². The van der Waals surface area contributed by atoms with Gasteiger partial charge in [-0.15, -0.1) is 0 Å². The third-order valence-electron chi connectivity index (χ3n) is 4.54. The van der Waals surface area contributed by atoms with Crippen molar-refractivity contribution in [1.82, 2.24) is 5.32 Å². The van der Waals surface area contributed by atoms with E-state index in [4.69, 9.17) is 5.11 Å². The molecule has 0 bridgehead atoms. The molecule has 0 spiro atoms. The molecule has 1 aliphatic rings. The smallest absolute Gasteiger partial charge is 0.311 e. The Morgan fingerprint density at radius 3 is 2.35 bits per heavy atom. The molecule has 0 saturated heterocycles.